The smallest absolute Gasteiger partial charge is 0.321 e. The van der Waals surface area contributed by atoms with Crippen molar-refractivity contribution in [3.8, 4) is 0 Å². The Labute approximate surface area is 133 Å². The van der Waals surface area contributed by atoms with E-state index in [1.54, 1.807) is 0 Å². The van der Waals surface area contributed by atoms with E-state index < -0.39 is 6.03 Å². The van der Waals surface area contributed by atoms with Crippen LogP contribution in [-0.2, 0) is 4.79 Å². The Morgan fingerprint density at radius 1 is 1.14 bits per heavy atom. The third kappa shape index (κ3) is 5.04. The number of fused-ring (bicyclic) bond motifs is 1. The number of carbonyl (C=O) groups is 2. The Balaban J connectivity index is 1.88. The van der Waals surface area contributed by atoms with Gasteiger partial charge in [-0.1, -0.05) is 36.0 Å². The van der Waals surface area contributed by atoms with Crippen LogP contribution in [0.3, 0.4) is 0 Å². The second-order valence-corrected chi connectivity index (χ2v) is 6.88. The van der Waals surface area contributed by atoms with Crippen molar-refractivity contribution >= 4 is 34.6 Å². The summed E-state index contributed by atoms with van der Waals surface area (Å²) in [6, 6.07) is 11.1. The van der Waals surface area contributed by atoms with Crippen LogP contribution in [0.4, 0.5) is 4.79 Å². The van der Waals surface area contributed by atoms with Gasteiger partial charge in [0.15, 0.2) is 0 Å². The van der Waals surface area contributed by atoms with Gasteiger partial charge in [-0.15, -0.1) is 0 Å². The number of amides is 3. The van der Waals surface area contributed by atoms with Gasteiger partial charge in [0.25, 0.3) is 0 Å². The Bertz CT molecular complexity index is 695. The van der Waals surface area contributed by atoms with Gasteiger partial charge in [-0.25, -0.2) is 9.78 Å². The number of urea groups is 1. The van der Waals surface area contributed by atoms with E-state index in [4.69, 9.17) is 0 Å². The minimum absolute atomic E-state index is 0.142. The zero-order valence-electron chi connectivity index (χ0n) is 12.8. The molecule has 0 fully saturated rings. The number of imide groups is 1. The molecule has 0 aliphatic heterocycles. The van der Waals surface area contributed by atoms with Gasteiger partial charge in [0, 0.05) is 10.9 Å². The molecule has 1 aromatic heterocycles. The van der Waals surface area contributed by atoms with E-state index in [-0.39, 0.29) is 17.2 Å². The van der Waals surface area contributed by atoms with E-state index >= 15 is 0 Å². The number of nitrogens with zero attached hydrogens (tertiary/aromatic N) is 1. The molecule has 0 radical (unpaired) electrons. The SMILES string of the molecule is CC(C)(C)NC(=O)NC(=O)CSc1ccc2ccccc2n1. The van der Waals surface area contributed by atoms with Crippen molar-refractivity contribution < 1.29 is 9.59 Å². The first kappa shape index (κ1) is 16.3. The normalized spacial score (nSPS) is 11.2. The molecule has 1 aromatic carbocycles. The van der Waals surface area contributed by atoms with Gasteiger partial charge < -0.3 is 5.32 Å². The summed E-state index contributed by atoms with van der Waals surface area (Å²) in [5, 5.41) is 6.79. The molecule has 116 valence electrons. The highest BCUT2D eigenvalue weighted by Crippen LogP contribution is 2.19. The van der Waals surface area contributed by atoms with Crippen LogP contribution in [0.1, 0.15) is 20.8 Å². The maximum atomic E-state index is 11.8. The minimum atomic E-state index is -0.482. The topological polar surface area (TPSA) is 71.1 Å². The molecular formula is C16H19N3O2S. The Morgan fingerprint density at radius 2 is 1.86 bits per heavy atom. The quantitative estimate of drug-likeness (QED) is 0.854. The molecule has 0 spiro atoms. The number of nitrogens with one attached hydrogen (secondary N) is 2. The summed E-state index contributed by atoms with van der Waals surface area (Å²) in [5.74, 6) is -0.204. The molecule has 0 aliphatic carbocycles. The monoisotopic (exact) mass is 317 g/mol. The fraction of sp³-hybridized carbons (Fsp3) is 0.312. The first-order chi connectivity index (χ1) is 10.3. The van der Waals surface area contributed by atoms with Crippen LogP contribution in [-0.4, -0.2) is 28.2 Å². The molecule has 6 heteroatoms. The van der Waals surface area contributed by atoms with Gasteiger partial charge in [0.1, 0.15) is 0 Å². The largest absolute Gasteiger partial charge is 0.333 e. The average molecular weight is 317 g/mol. The van der Waals surface area contributed by atoms with Crippen LogP contribution in [0.25, 0.3) is 10.9 Å². The van der Waals surface area contributed by atoms with E-state index in [0.29, 0.717) is 0 Å². The van der Waals surface area contributed by atoms with Crippen molar-refractivity contribution in [2.45, 2.75) is 31.3 Å². The van der Waals surface area contributed by atoms with Crippen molar-refractivity contribution in [3.63, 3.8) is 0 Å². The zero-order chi connectivity index (χ0) is 16.2. The van der Waals surface area contributed by atoms with Crippen LogP contribution in [0.15, 0.2) is 41.4 Å². The third-order valence-electron chi connectivity index (χ3n) is 2.67. The Hall–Kier alpha value is -2.08. The van der Waals surface area contributed by atoms with Crippen LogP contribution in [0.2, 0.25) is 0 Å². The fourth-order valence-electron chi connectivity index (χ4n) is 1.80. The summed E-state index contributed by atoms with van der Waals surface area (Å²) < 4.78 is 0. The summed E-state index contributed by atoms with van der Waals surface area (Å²) in [6.45, 7) is 5.56. The Kier molecular flexibility index (Phi) is 5.03. The van der Waals surface area contributed by atoms with Gasteiger partial charge >= 0.3 is 6.03 Å². The molecule has 0 atom stereocenters. The predicted octanol–water partition coefficient (Wildman–Crippen LogP) is 2.95. The number of thioether (sulfide) groups is 1. The molecule has 2 aromatic rings. The van der Waals surface area contributed by atoms with Crippen molar-refractivity contribution in [1.29, 1.82) is 0 Å². The highest BCUT2D eigenvalue weighted by molar-refractivity contribution is 7.99. The van der Waals surface area contributed by atoms with Crippen LogP contribution < -0.4 is 10.6 Å². The van der Waals surface area contributed by atoms with Gasteiger partial charge in [0.2, 0.25) is 5.91 Å². The fourth-order valence-corrected chi connectivity index (χ4v) is 2.48. The van der Waals surface area contributed by atoms with Crippen molar-refractivity contribution in [2.24, 2.45) is 0 Å². The highest BCUT2D eigenvalue weighted by Gasteiger charge is 2.15. The maximum Gasteiger partial charge on any atom is 0.321 e. The molecule has 22 heavy (non-hydrogen) atoms. The van der Waals surface area contributed by atoms with Gasteiger partial charge in [0.05, 0.1) is 16.3 Å². The number of rotatable bonds is 3. The molecule has 2 rings (SSSR count). The number of benzene rings is 1. The lowest BCUT2D eigenvalue weighted by Gasteiger charge is -2.20. The molecule has 0 bridgehead atoms. The highest BCUT2D eigenvalue weighted by atomic mass is 32.2. The van der Waals surface area contributed by atoms with Gasteiger partial charge in [-0.05, 0) is 32.9 Å². The Morgan fingerprint density at radius 3 is 2.59 bits per heavy atom. The second-order valence-electron chi connectivity index (χ2n) is 5.88. The molecule has 2 N–H and O–H groups in total. The van der Waals surface area contributed by atoms with Gasteiger partial charge in [-0.3, -0.25) is 10.1 Å². The second kappa shape index (κ2) is 6.79. The average Bonchev–Trinajstić information content (AvgIpc) is 2.42. The molecule has 0 saturated heterocycles. The summed E-state index contributed by atoms with van der Waals surface area (Å²) in [5.41, 5.74) is 0.510. The number of carbonyl (C=O) groups excluding carboxylic acids is 2. The number of aromatic nitrogens is 1. The molecule has 5 nitrogen and oxygen atoms in total. The van der Waals surface area contributed by atoms with Gasteiger partial charge in [-0.2, -0.15) is 0 Å². The predicted molar refractivity (Wildman–Crippen MR) is 88.9 cm³/mol. The van der Waals surface area contributed by atoms with Crippen molar-refractivity contribution in [3.05, 3.63) is 36.4 Å². The lowest BCUT2D eigenvalue weighted by molar-refractivity contribution is -0.117. The minimum Gasteiger partial charge on any atom is -0.333 e. The summed E-state index contributed by atoms with van der Waals surface area (Å²) in [7, 11) is 0. The third-order valence-corrected chi connectivity index (χ3v) is 3.60. The zero-order valence-corrected chi connectivity index (χ0v) is 13.7. The molecule has 1 heterocycles. The lowest BCUT2D eigenvalue weighted by Crippen LogP contribution is -2.48. The number of para-hydroxylation sites is 1. The standard InChI is InChI=1S/C16H19N3O2S/c1-16(2,3)19-15(21)18-13(20)10-22-14-9-8-11-6-4-5-7-12(11)17-14/h4-9H,10H2,1-3H3,(H2,18,19,20,21). The van der Waals surface area contributed by atoms with E-state index in [9.17, 15) is 9.59 Å². The first-order valence-electron chi connectivity index (χ1n) is 6.94. The lowest BCUT2D eigenvalue weighted by atomic mass is 10.1. The summed E-state index contributed by atoms with van der Waals surface area (Å²) >= 11 is 1.30. The van der Waals surface area contributed by atoms with Crippen molar-refractivity contribution in [1.82, 2.24) is 15.6 Å². The van der Waals surface area contributed by atoms with Crippen LogP contribution in [0.5, 0.6) is 0 Å². The molecule has 0 unspecified atom stereocenters. The summed E-state index contributed by atoms with van der Waals surface area (Å²) in [4.78, 5) is 27.8. The molecule has 0 saturated carbocycles. The first-order valence-corrected chi connectivity index (χ1v) is 7.93. The maximum absolute atomic E-state index is 11.8. The molecule has 0 aliphatic rings. The van der Waals surface area contributed by atoms with E-state index in [0.717, 1.165) is 15.9 Å². The molecular weight excluding hydrogens is 298 g/mol. The van der Waals surface area contributed by atoms with Crippen LogP contribution >= 0.6 is 11.8 Å². The van der Waals surface area contributed by atoms with E-state index in [1.807, 2.05) is 57.2 Å². The van der Waals surface area contributed by atoms with E-state index in [2.05, 4.69) is 15.6 Å². The number of pyridine rings is 1. The number of hydrogen-bond acceptors (Lipinski definition) is 4. The summed E-state index contributed by atoms with van der Waals surface area (Å²) in [6.07, 6.45) is 0. The number of hydrogen-bond donors (Lipinski definition) is 2. The van der Waals surface area contributed by atoms with Crippen molar-refractivity contribution in [2.75, 3.05) is 5.75 Å². The van der Waals surface area contributed by atoms with Crippen LogP contribution in [0, 0.1) is 0 Å². The van der Waals surface area contributed by atoms with E-state index in [1.165, 1.54) is 11.8 Å². The molecule has 3 amide bonds.